The summed E-state index contributed by atoms with van der Waals surface area (Å²) in [5, 5.41) is 0. The number of nitrogens with two attached hydrogens (primary N) is 2. The third-order valence-corrected chi connectivity index (χ3v) is 3.25. The minimum Gasteiger partial charge on any atom is -0.490 e. The van der Waals surface area contributed by atoms with E-state index in [4.69, 9.17) is 20.9 Å². The van der Waals surface area contributed by atoms with E-state index in [-0.39, 0.29) is 11.7 Å². The smallest absolute Gasteiger partial charge is 0.252 e. The number of benzene rings is 1. The van der Waals surface area contributed by atoms with Crippen LogP contribution in [0.25, 0.3) is 0 Å². The zero-order chi connectivity index (χ0) is 14.0. The molecule has 0 radical (unpaired) electrons. The molecule has 1 aromatic rings. The Kier molecular flexibility index (Phi) is 3.66. The summed E-state index contributed by atoms with van der Waals surface area (Å²) in [6, 6.07) is 4.87. The Balaban J connectivity index is 2.02. The minimum absolute atomic E-state index is 0.0493. The molecule has 1 fully saturated rings. The van der Waals surface area contributed by atoms with Crippen LogP contribution >= 0.6 is 0 Å². The molecule has 0 aromatic heterocycles. The van der Waals surface area contributed by atoms with E-state index >= 15 is 0 Å². The molecule has 1 aliphatic heterocycles. The summed E-state index contributed by atoms with van der Waals surface area (Å²) in [5.74, 6) is -0.0926. The Hall–Kier alpha value is -1.75. The number of ether oxygens (including phenoxy) is 2. The zero-order valence-electron chi connectivity index (χ0n) is 11.3. The van der Waals surface area contributed by atoms with Gasteiger partial charge in [0.25, 0.3) is 5.91 Å². The predicted octanol–water partition coefficient (Wildman–Crippen LogP) is 1.70. The minimum atomic E-state index is -0.546. The maximum absolute atomic E-state index is 11.3. The van der Waals surface area contributed by atoms with Gasteiger partial charge in [-0.1, -0.05) is 0 Å². The Morgan fingerprint density at radius 2 is 2.26 bits per heavy atom. The number of hydrogen-bond donors (Lipinski definition) is 2. The van der Waals surface area contributed by atoms with Crippen LogP contribution in [-0.4, -0.2) is 24.2 Å². The van der Waals surface area contributed by atoms with E-state index in [0.717, 1.165) is 12.8 Å². The number of hydrogen-bond acceptors (Lipinski definition) is 4. The molecule has 4 N–H and O–H groups in total. The van der Waals surface area contributed by atoms with Crippen molar-refractivity contribution >= 4 is 11.6 Å². The summed E-state index contributed by atoms with van der Waals surface area (Å²) >= 11 is 0. The quantitative estimate of drug-likeness (QED) is 0.810. The van der Waals surface area contributed by atoms with Gasteiger partial charge in [0.2, 0.25) is 0 Å². The largest absolute Gasteiger partial charge is 0.490 e. The fraction of sp³-hybridized carbons (Fsp3) is 0.500. The molecular formula is C14H20N2O3. The average Bonchev–Trinajstić information content (AvgIpc) is 2.67. The summed E-state index contributed by atoms with van der Waals surface area (Å²) in [4.78, 5) is 11.3. The topological polar surface area (TPSA) is 87.6 Å². The van der Waals surface area contributed by atoms with Gasteiger partial charge in [0.15, 0.2) is 0 Å². The molecule has 1 atom stereocenters. The number of rotatable bonds is 4. The molecule has 5 heteroatoms. The molecule has 19 heavy (non-hydrogen) atoms. The van der Waals surface area contributed by atoms with Gasteiger partial charge in [-0.15, -0.1) is 0 Å². The van der Waals surface area contributed by atoms with Crippen molar-refractivity contribution in [3.8, 4) is 5.75 Å². The summed E-state index contributed by atoms with van der Waals surface area (Å²) in [6.07, 6.45) is 2.01. The number of nitrogen functional groups attached to an aromatic ring is 1. The lowest BCUT2D eigenvalue weighted by atomic mass is 10.1. The maximum atomic E-state index is 11.3. The Labute approximate surface area is 112 Å². The van der Waals surface area contributed by atoms with Crippen molar-refractivity contribution in [3.05, 3.63) is 23.8 Å². The van der Waals surface area contributed by atoms with Crippen LogP contribution in [0.2, 0.25) is 0 Å². The van der Waals surface area contributed by atoms with Crippen molar-refractivity contribution in [2.45, 2.75) is 38.4 Å². The summed E-state index contributed by atoms with van der Waals surface area (Å²) < 4.78 is 11.5. The standard InChI is InChI=1S/C14H20N2O3/c1-14(2)6-5-10(19-14)8-18-12-4-3-9(15)7-11(12)13(16)17/h3-4,7,10H,5-6,8,15H2,1-2H3,(H2,16,17). The van der Waals surface area contributed by atoms with Crippen LogP contribution in [0.4, 0.5) is 5.69 Å². The summed E-state index contributed by atoms with van der Waals surface area (Å²) in [5.41, 5.74) is 11.6. The SMILES string of the molecule is CC1(C)CCC(COc2ccc(N)cc2C(N)=O)O1. The second-order valence-electron chi connectivity index (χ2n) is 5.47. The molecule has 0 aliphatic carbocycles. The van der Waals surface area contributed by atoms with Gasteiger partial charge >= 0.3 is 0 Å². The molecule has 0 saturated carbocycles. The van der Waals surface area contributed by atoms with Gasteiger partial charge in [-0.3, -0.25) is 4.79 Å². The van der Waals surface area contributed by atoms with Gasteiger partial charge < -0.3 is 20.9 Å². The second-order valence-corrected chi connectivity index (χ2v) is 5.47. The van der Waals surface area contributed by atoms with Crippen molar-refractivity contribution in [3.63, 3.8) is 0 Å². The van der Waals surface area contributed by atoms with Gasteiger partial charge in [0.1, 0.15) is 12.4 Å². The highest BCUT2D eigenvalue weighted by atomic mass is 16.6. The molecule has 5 nitrogen and oxygen atoms in total. The number of amides is 1. The molecule has 104 valence electrons. The molecular weight excluding hydrogens is 244 g/mol. The first-order chi connectivity index (χ1) is 8.87. The lowest BCUT2D eigenvalue weighted by Gasteiger charge is -2.20. The fourth-order valence-corrected chi connectivity index (χ4v) is 2.24. The third kappa shape index (κ3) is 3.38. The lowest BCUT2D eigenvalue weighted by Crippen LogP contribution is -2.24. The van der Waals surface area contributed by atoms with Crippen molar-refractivity contribution < 1.29 is 14.3 Å². The van der Waals surface area contributed by atoms with Crippen molar-refractivity contribution in [1.29, 1.82) is 0 Å². The van der Waals surface area contributed by atoms with E-state index in [0.29, 0.717) is 23.6 Å². The van der Waals surface area contributed by atoms with Crippen molar-refractivity contribution in [2.75, 3.05) is 12.3 Å². The number of carbonyl (C=O) groups excluding carboxylic acids is 1. The second kappa shape index (κ2) is 5.09. The Morgan fingerprint density at radius 1 is 1.53 bits per heavy atom. The van der Waals surface area contributed by atoms with Crippen LogP contribution < -0.4 is 16.2 Å². The first-order valence-electron chi connectivity index (χ1n) is 6.37. The van der Waals surface area contributed by atoms with Gasteiger partial charge in [0.05, 0.1) is 17.3 Å². The zero-order valence-corrected chi connectivity index (χ0v) is 11.3. The van der Waals surface area contributed by atoms with Gasteiger partial charge in [-0.2, -0.15) is 0 Å². The van der Waals surface area contributed by atoms with Gasteiger partial charge in [-0.25, -0.2) is 0 Å². The van der Waals surface area contributed by atoms with E-state index in [1.807, 2.05) is 0 Å². The molecule has 1 heterocycles. The highest BCUT2D eigenvalue weighted by molar-refractivity contribution is 5.96. The van der Waals surface area contributed by atoms with E-state index in [1.54, 1.807) is 12.1 Å². The molecule has 2 rings (SSSR count). The van der Waals surface area contributed by atoms with Crippen LogP contribution in [0.3, 0.4) is 0 Å². The molecule has 0 bridgehead atoms. The van der Waals surface area contributed by atoms with E-state index < -0.39 is 5.91 Å². The van der Waals surface area contributed by atoms with Gasteiger partial charge in [-0.05, 0) is 44.9 Å². The van der Waals surface area contributed by atoms with E-state index in [2.05, 4.69) is 13.8 Å². The van der Waals surface area contributed by atoms with E-state index in [9.17, 15) is 4.79 Å². The molecule has 0 spiro atoms. The van der Waals surface area contributed by atoms with Crippen LogP contribution in [0.5, 0.6) is 5.75 Å². The first kappa shape index (κ1) is 13.7. The maximum Gasteiger partial charge on any atom is 0.252 e. The van der Waals surface area contributed by atoms with Crippen molar-refractivity contribution in [2.24, 2.45) is 5.73 Å². The molecule has 1 aliphatic rings. The predicted molar refractivity (Wildman–Crippen MR) is 73.1 cm³/mol. The highest BCUT2D eigenvalue weighted by Gasteiger charge is 2.32. The normalized spacial score (nSPS) is 21.3. The van der Waals surface area contributed by atoms with Crippen LogP contribution in [0, 0.1) is 0 Å². The lowest BCUT2D eigenvalue weighted by molar-refractivity contribution is -0.0327. The molecule has 1 aromatic carbocycles. The van der Waals surface area contributed by atoms with Crippen molar-refractivity contribution in [1.82, 2.24) is 0 Å². The highest BCUT2D eigenvalue weighted by Crippen LogP contribution is 2.30. The van der Waals surface area contributed by atoms with Crippen LogP contribution in [0.1, 0.15) is 37.0 Å². The summed E-state index contributed by atoms with van der Waals surface area (Å²) in [6.45, 7) is 4.53. The Bertz CT molecular complexity index is 486. The fourth-order valence-electron chi connectivity index (χ4n) is 2.24. The molecule has 1 saturated heterocycles. The van der Waals surface area contributed by atoms with Crippen LogP contribution in [-0.2, 0) is 4.74 Å². The molecule has 1 unspecified atom stereocenters. The molecule has 1 amide bonds. The number of anilines is 1. The van der Waals surface area contributed by atoms with Gasteiger partial charge in [0, 0.05) is 5.69 Å². The summed E-state index contributed by atoms with van der Waals surface area (Å²) in [7, 11) is 0. The third-order valence-electron chi connectivity index (χ3n) is 3.25. The number of carbonyl (C=O) groups is 1. The first-order valence-corrected chi connectivity index (χ1v) is 6.37. The monoisotopic (exact) mass is 264 g/mol. The average molecular weight is 264 g/mol. The Morgan fingerprint density at radius 3 is 2.84 bits per heavy atom. The van der Waals surface area contributed by atoms with E-state index in [1.165, 1.54) is 6.07 Å². The number of primary amides is 1. The van der Waals surface area contributed by atoms with Crippen LogP contribution in [0.15, 0.2) is 18.2 Å².